The van der Waals surface area contributed by atoms with E-state index in [1.54, 1.807) is 48.8 Å². The molecular weight excluding hydrogens is 354 g/mol. The van der Waals surface area contributed by atoms with Gasteiger partial charge in [-0.1, -0.05) is 18.2 Å². The third-order valence-electron chi connectivity index (χ3n) is 4.02. The fourth-order valence-corrected chi connectivity index (χ4v) is 2.61. The van der Waals surface area contributed by atoms with Gasteiger partial charge in [-0.25, -0.2) is 0 Å². The maximum absolute atomic E-state index is 12.5. The molecule has 3 aromatic rings. The summed E-state index contributed by atoms with van der Waals surface area (Å²) >= 11 is 0. The number of aromatic nitrogens is 1. The Labute approximate surface area is 163 Å². The summed E-state index contributed by atoms with van der Waals surface area (Å²) in [6.07, 6.45) is 3.38. The minimum absolute atomic E-state index is 0.211. The van der Waals surface area contributed by atoms with Gasteiger partial charge in [0, 0.05) is 30.1 Å². The fourth-order valence-electron chi connectivity index (χ4n) is 2.61. The van der Waals surface area contributed by atoms with Crippen LogP contribution in [0.15, 0.2) is 73.1 Å². The van der Waals surface area contributed by atoms with E-state index in [0.29, 0.717) is 35.7 Å². The van der Waals surface area contributed by atoms with Gasteiger partial charge in [0.25, 0.3) is 11.8 Å². The molecule has 142 valence electrons. The summed E-state index contributed by atoms with van der Waals surface area (Å²) in [4.78, 5) is 28.8. The summed E-state index contributed by atoms with van der Waals surface area (Å²) in [5.41, 5.74) is 2.46. The van der Waals surface area contributed by atoms with Crippen molar-refractivity contribution in [1.82, 2.24) is 10.3 Å². The summed E-state index contributed by atoms with van der Waals surface area (Å²) in [6, 6.07) is 17.5. The van der Waals surface area contributed by atoms with E-state index in [0.717, 1.165) is 5.56 Å². The van der Waals surface area contributed by atoms with Crippen LogP contribution in [0.4, 0.5) is 5.69 Å². The van der Waals surface area contributed by atoms with Crippen LogP contribution < -0.4 is 15.4 Å². The van der Waals surface area contributed by atoms with Gasteiger partial charge in [-0.2, -0.15) is 0 Å². The van der Waals surface area contributed by atoms with E-state index >= 15 is 0 Å². The molecule has 6 heteroatoms. The van der Waals surface area contributed by atoms with Crippen molar-refractivity contribution >= 4 is 17.5 Å². The van der Waals surface area contributed by atoms with Crippen molar-refractivity contribution in [1.29, 1.82) is 0 Å². The van der Waals surface area contributed by atoms with Crippen molar-refractivity contribution in [2.45, 2.75) is 13.5 Å². The van der Waals surface area contributed by atoms with Crippen LogP contribution in [0.2, 0.25) is 0 Å². The van der Waals surface area contributed by atoms with Gasteiger partial charge in [0.2, 0.25) is 0 Å². The highest BCUT2D eigenvalue weighted by molar-refractivity contribution is 6.05. The predicted molar refractivity (Wildman–Crippen MR) is 107 cm³/mol. The van der Waals surface area contributed by atoms with Crippen LogP contribution >= 0.6 is 0 Å². The molecule has 1 heterocycles. The summed E-state index contributed by atoms with van der Waals surface area (Å²) in [5, 5.41) is 5.66. The number of hydrogen-bond donors (Lipinski definition) is 2. The Balaban J connectivity index is 1.62. The first-order chi connectivity index (χ1) is 13.7. The summed E-state index contributed by atoms with van der Waals surface area (Å²) in [5.74, 6) is 0.136. The first kappa shape index (κ1) is 19.1. The number of ether oxygens (including phenoxy) is 1. The molecule has 2 N–H and O–H groups in total. The third kappa shape index (κ3) is 4.94. The predicted octanol–water partition coefficient (Wildman–Crippen LogP) is 3.66. The first-order valence-electron chi connectivity index (χ1n) is 8.97. The Kier molecular flexibility index (Phi) is 6.36. The highest BCUT2D eigenvalue weighted by atomic mass is 16.5. The number of nitrogens with zero attached hydrogens (tertiary/aromatic N) is 1. The van der Waals surface area contributed by atoms with Gasteiger partial charge in [0.05, 0.1) is 12.3 Å². The molecule has 0 aliphatic rings. The Bertz CT molecular complexity index is 941. The molecule has 0 saturated heterocycles. The van der Waals surface area contributed by atoms with E-state index in [-0.39, 0.29) is 11.8 Å². The zero-order valence-electron chi connectivity index (χ0n) is 15.5. The molecule has 0 aliphatic heterocycles. The number of carbonyl (C=O) groups excluding carboxylic acids is 2. The van der Waals surface area contributed by atoms with Crippen LogP contribution in [0, 0.1) is 0 Å². The normalized spacial score (nSPS) is 10.2. The molecule has 0 aliphatic carbocycles. The van der Waals surface area contributed by atoms with Gasteiger partial charge >= 0.3 is 0 Å². The van der Waals surface area contributed by atoms with Gasteiger partial charge in [-0.3, -0.25) is 14.6 Å². The van der Waals surface area contributed by atoms with Crippen molar-refractivity contribution in [3.63, 3.8) is 0 Å². The molecule has 2 aromatic carbocycles. The van der Waals surface area contributed by atoms with E-state index in [4.69, 9.17) is 4.74 Å². The molecule has 0 unspecified atom stereocenters. The number of pyridine rings is 1. The molecule has 6 nitrogen and oxygen atoms in total. The van der Waals surface area contributed by atoms with Gasteiger partial charge in [-0.15, -0.1) is 0 Å². The second-order valence-electron chi connectivity index (χ2n) is 6.00. The molecule has 28 heavy (non-hydrogen) atoms. The number of amides is 2. The summed E-state index contributed by atoms with van der Waals surface area (Å²) in [7, 11) is 0. The number of nitrogens with one attached hydrogen (secondary N) is 2. The highest BCUT2D eigenvalue weighted by Crippen LogP contribution is 2.24. The van der Waals surface area contributed by atoms with E-state index < -0.39 is 0 Å². The third-order valence-corrected chi connectivity index (χ3v) is 4.02. The van der Waals surface area contributed by atoms with Gasteiger partial charge in [-0.05, 0) is 55.0 Å². The summed E-state index contributed by atoms with van der Waals surface area (Å²) < 4.78 is 5.52. The van der Waals surface area contributed by atoms with E-state index in [2.05, 4.69) is 15.6 Å². The number of carbonyl (C=O) groups is 2. The van der Waals surface area contributed by atoms with E-state index in [9.17, 15) is 9.59 Å². The number of hydrogen-bond acceptors (Lipinski definition) is 4. The Hall–Kier alpha value is -3.67. The maximum atomic E-state index is 12.5. The minimum Gasteiger partial charge on any atom is -0.492 e. The van der Waals surface area contributed by atoms with Gasteiger partial charge < -0.3 is 15.4 Å². The lowest BCUT2D eigenvalue weighted by Crippen LogP contribution is -2.23. The van der Waals surface area contributed by atoms with Crippen molar-refractivity contribution in [3.05, 3.63) is 89.7 Å². The van der Waals surface area contributed by atoms with E-state index in [1.807, 2.05) is 31.2 Å². The quantitative estimate of drug-likeness (QED) is 0.660. The molecule has 2 amide bonds. The van der Waals surface area contributed by atoms with Crippen LogP contribution in [0.5, 0.6) is 5.75 Å². The lowest BCUT2D eigenvalue weighted by Gasteiger charge is -2.11. The Morgan fingerprint density at radius 2 is 1.64 bits per heavy atom. The maximum Gasteiger partial charge on any atom is 0.255 e. The van der Waals surface area contributed by atoms with Gasteiger partial charge in [0.1, 0.15) is 5.75 Å². The zero-order chi connectivity index (χ0) is 19.8. The highest BCUT2D eigenvalue weighted by Gasteiger charge is 2.11. The molecule has 0 atom stereocenters. The second kappa shape index (κ2) is 9.32. The van der Waals surface area contributed by atoms with Crippen LogP contribution in [0.1, 0.15) is 33.2 Å². The molecule has 0 bridgehead atoms. The molecule has 3 rings (SSSR count). The molecule has 0 fully saturated rings. The lowest BCUT2D eigenvalue weighted by molar-refractivity contribution is 0.0949. The largest absolute Gasteiger partial charge is 0.492 e. The minimum atomic E-state index is -0.269. The van der Waals surface area contributed by atoms with Crippen LogP contribution in [-0.4, -0.2) is 23.4 Å². The number of benzene rings is 2. The lowest BCUT2D eigenvalue weighted by atomic mass is 10.1. The summed E-state index contributed by atoms with van der Waals surface area (Å²) in [6.45, 7) is 2.79. The Morgan fingerprint density at radius 3 is 2.32 bits per heavy atom. The van der Waals surface area contributed by atoms with Crippen LogP contribution in [0.25, 0.3) is 0 Å². The number of para-hydroxylation sites is 2. The average molecular weight is 375 g/mol. The fraction of sp³-hybridized carbons (Fsp3) is 0.136. The molecule has 0 spiro atoms. The average Bonchev–Trinajstić information content (AvgIpc) is 2.74. The molecule has 1 aromatic heterocycles. The zero-order valence-corrected chi connectivity index (χ0v) is 15.5. The SMILES string of the molecule is CCOc1ccccc1NC(=O)c1ccc(C(=O)NCc2cccnc2)cc1. The van der Waals surface area contributed by atoms with Crippen LogP contribution in [-0.2, 0) is 6.54 Å². The monoisotopic (exact) mass is 375 g/mol. The molecular formula is C22H21N3O3. The Morgan fingerprint density at radius 1 is 0.929 bits per heavy atom. The molecule has 0 radical (unpaired) electrons. The van der Waals surface area contributed by atoms with Crippen molar-refractivity contribution < 1.29 is 14.3 Å². The standard InChI is InChI=1S/C22H21N3O3/c1-2-28-20-8-4-3-7-19(20)25-22(27)18-11-9-17(10-12-18)21(26)24-15-16-6-5-13-23-14-16/h3-14H,2,15H2,1H3,(H,24,26)(H,25,27). The molecule has 0 saturated carbocycles. The van der Waals surface area contributed by atoms with Crippen molar-refractivity contribution in [2.75, 3.05) is 11.9 Å². The smallest absolute Gasteiger partial charge is 0.255 e. The van der Waals surface area contributed by atoms with Crippen molar-refractivity contribution in [2.24, 2.45) is 0 Å². The second-order valence-corrected chi connectivity index (χ2v) is 6.00. The van der Waals surface area contributed by atoms with E-state index in [1.165, 1.54) is 0 Å². The topological polar surface area (TPSA) is 80.3 Å². The van der Waals surface area contributed by atoms with Gasteiger partial charge in [0.15, 0.2) is 0 Å². The first-order valence-corrected chi connectivity index (χ1v) is 8.97. The van der Waals surface area contributed by atoms with Crippen LogP contribution in [0.3, 0.4) is 0 Å². The van der Waals surface area contributed by atoms with Crippen molar-refractivity contribution in [3.8, 4) is 5.75 Å². The number of rotatable bonds is 7. The number of anilines is 1.